The lowest BCUT2D eigenvalue weighted by atomic mass is 9.98. The van der Waals surface area contributed by atoms with Gasteiger partial charge in [0.2, 0.25) is 0 Å². The van der Waals surface area contributed by atoms with Crippen LogP contribution in [-0.2, 0) is 6.42 Å². The van der Waals surface area contributed by atoms with Gasteiger partial charge in [0, 0.05) is 0 Å². The molecule has 4 aromatic rings. The van der Waals surface area contributed by atoms with E-state index in [1.807, 2.05) is 0 Å². The van der Waals surface area contributed by atoms with Crippen molar-refractivity contribution in [2.24, 2.45) is 5.92 Å². The Morgan fingerprint density at radius 3 is 1.88 bits per heavy atom. The number of nitrogens with one attached hydrogen (secondary N) is 1. The Morgan fingerprint density at radius 2 is 1.24 bits per heavy atom. The number of benzene rings is 4. The van der Waals surface area contributed by atoms with Crippen molar-refractivity contribution < 1.29 is 0 Å². The van der Waals surface area contributed by atoms with Gasteiger partial charge in [0.15, 0.2) is 0 Å². The van der Waals surface area contributed by atoms with E-state index in [0.717, 1.165) is 17.8 Å². The predicted molar refractivity (Wildman–Crippen MR) is 140 cm³/mol. The van der Waals surface area contributed by atoms with Crippen molar-refractivity contribution >= 4 is 11.4 Å². The first-order valence-corrected chi connectivity index (χ1v) is 11.7. The zero-order valence-corrected chi connectivity index (χ0v) is 19.3. The molecule has 4 aromatic carbocycles. The lowest BCUT2D eigenvalue weighted by Gasteiger charge is -2.28. The van der Waals surface area contributed by atoms with Gasteiger partial charge in [-0.3, -0.25) is 10.4 Å². The third-order valence-corrected chi connectivity index (χ3v) is 6.15. The van der Waals surface area contributed by atoms with Crippen LogP contribution in [0.4, 0.5) is 5.69 Å². The topological polar surface area (TPSA) is 15.3 Å². The van der Waals surface area contributed by atoms with Gasteiger partial charge in [0.1, 0.15) is 0 Å². The lowest BCUT2D eigenvalue weighted by Crippen LogP contribution is -2.33. The van der Waals surface area contributed by atoms with Crippen LogP contribution in [0.2, 0.25) is 0 Å². The number of hydrogen-bond donors (Lipinski definition) is 1. The van der Waals surface area contributed by atoms with Gasteiger partial charge in [-0.05, 0) is 58.4 Å². The smallest absolute Gasteiger partial charge is 0.0958 e. The second kappa shape index (κ2) is 9.38. The number of rotatable bonds is 6. The fraction of sp³-hybridized carbons (Fsp3) is 0.161. The summed E-state index contributed by atoms with van der Waals surface area (Å²) in [4.78, 5) is 0. The number of nitrogens with zero attached hydrogens (tertiary/aromatic N) is 1. The Morgan fingerprint density at radius 1 is 0.667 bits per heavy atom. The van der Waals surface area contributed by atoms with Gasteiger partial charge in [-0.15, -0.1) is 0 Å². The molecule has 1 atom stereocenters. The van der Waals surface area contributed by atoms with Gasteiger partial charge in [0.05, 0.1) is 17.4 Å². The maximum atomic E-state index is 3.67. The maximum Gasteiger partial charge on any atom is 0.0958 e. The number of hydrogen-bond acceptors (Lipinski definition) is 2. The van der Waals surface area contributed by atoms with Gasteiger partial charge in [0.25, 0.3) is 0 Å². The SMILES string of the molecule is CC(C)Cc1ccc(C2C=C(c3ccc(-c4ccccc4)cc3)NN2c2ccccc2)cc1. The van der Waals surface area contributed by atoms with E-state index in [9.17, 15) is 0 Å². The number of hydrazine groups is 1. The first-order chi connectivity index (χ1) is 16.2. The van der Waals surface area contributed by atoms with E-state index in [0.29, 0.717) is 5.92 Å². The summed E-state index contributed by atoms with van der Waals surface area (Å²) >= 11 is 0. The molecule has 0 bridgehead atoms. The monoisotopic (exact) mass is 430 g/mol. The van der Waals surface area contributed by atoms with Gasteiger partial charge < -0.3 is 0 Å². The Hall–Kier alpha value is -3.78. The molecule has 2 heteroatoms. The molecule has 1 N–H and O–H groups in total. The van der Waals surface area contributed by atoms with Gasteiger partial charge >= 0.3 is 0 Å². The Labute approximate surface area is 197 Å². The molecule has 0 aromatic heterocycles. The van der Waals surface area contributed by atoms with Crippen LogP contribution in [-0.4, -0.2) is 0 Å². The molecule has 1 aliphatic rings. The molecule has 0 saturated heterocycles. The minimum Gasteiger partial charge on any atom is -0.297 e. The molecule has 164 valence electrons. The quantitative estimate of drug-likeness (QED) is 0.338. The van der Waals surface area contributed by atoms with E-state index < -0.39 is 0 Å². The highest BCUT2D eigenvalue weighted by molar-refractivity contribution is 5.74. The highest BCUT2D eigenvalue weighted by atomic mass is 15.5. The maximum absolute atomic E-state index is 3.67. The molecule has 2 nitrogen and oxygen atoms in total. The molecule has 0 spiro atoms. The summed E-state index contributed by atoms with van der Waals surface area (Å²) in [5, 5.41) is 2.26. The van der Waals surface area contributed by atoms with Crippen molar-refractivity contribution in [2.75, 3.05) is 5.01 Å². The molecule has 0 radical (unpaired) electrons. The fourth-order valence-electron chi connectivity index (χ4n) is 4.48. The van der Waals surface area contributed by atoms with E-state index >= 15 is 0 Å². The molecule has 33 heavy (non-hydrogen) atoms. The van der Waals surface area contributed by atoms with Gasteiger partial charge in [-0.25, -0.2) is 0 Å². The highest BCUT2D eigenvalue weighted by Gasteiger charge is 2.27. The summed E-state index contributed by atoms with van der Waals surface area (Å²) in [6.45, 7) is 4.54. The minimum absolute atomic E-state index is 0.129. The number of anilines is 1. The van der Waals surface area contributed by atoms with Crippen LogP contribution >= 0.6 is 0 Å². The Bertz CT molecular complexity index is 1210. The molecule has 0 saturated carbocycles. The van der Waals surface area contributed by atoms with Crippen LogP contribution in [0.15, 0.2) is 115 Å². The molecular formula is C31H30N2. The van der Waals surface area contributed by atoms with Crippen LogP contribution in [0.5, 0.6) is 0 Å². The van der Waals surface area contributed by atoms with Gasteiger partial charge in [-0.1, -0.05) is 111 Å². The van der Waals surface area contributed by atoms with Crippen LogP contribution in [0.1, 0.15) is 36.6 Å². The Kier molecular flexibility index (Phi) is 5.99. The van der Waals surface area contributed by atoms with Crippen molar-refractivity contribution in [3.8, 4) is 11.1 Å². The molecule has 0 aliphatic carbocycles. The van der Waals surface area contributed by atoms with Crippen LogP contribution in [0, 0.1) is 5.92 Å². The third kappa shape index (κ3) is 4.70. The van der Waals surface area contributed by atoms with E-state index in [4.69, 9.17) is 0 Å². The van der Waals surface area contributed by atoms with Crippen LogP contribution in [0.25, 0.3) is 16.8 Å². The zero-order valence-electron chi connectivity index (χ0n) is 19.3. The molecule has 5 rings (SSSR count). The van der Waals surface area contributed by atoms with Crippen molar-refractivity contribution in [3.05, 3.63) is 132 Å². The van der Waals surface area contributed by atoms with E-state index in [2.05, 4.69) is 140 Å². The summed E-state index contributed by atoms with van der Waals surface area (Å²) in [5.74, 6) is 0.662. The first kappa shape index (κ1) is 21.1. The molecule has 0 amide bonds. The second-order valence-electron chi connectivity index (χ2n) is 9.13. The van der Waals surface area contributed by atoms with Crippen molar-refractivity contribution in [2.45, 2.75) is 26.3 Å². The number of para-hydroxylation sites is 1. The fourth-order valence-corrected chi connectivity index (χ4v) is 4.48. The summed E-state index contributed by atoms with van der Waals surface area (Å²) in [6, 6.07) is 39.1. The van der Waals surface area contributed by atoms with Crippen molar-refractivity contribution in [3.63, 3.8) is 0 Å². The third-order valence-electron chi connectivity index (χ3n) is 6.15. The molecule has 0 fully saturated rings. The summed E-state index contributed by atoms with van der Waals surface area (Å²) in [7, 11) is 0. The average molecular weight is 431 g/mol. The minimum atomic E-state index is 0.129. The predicted octanol–water partition coefficient (Wildman–Crippen LogP) is 7.66. The molecule has 1 aliphatic heterocycles. The van der Waals surface area contributed by atoms with Crippen LogP contribution in [0.3, 0.4) is 0 Å². The summed E-state index contributed by atoms with van der Waals surface area (Å²) in [5.41, 5.74) is 12.3. The molecule has 1 unspecified atom stereocenters. The van der Waals surface area contributed by atoms with E-state index in [1.54, 1.807) is 0 Å². The van der Waals surface area contributed by atoms with Crippen LogP contribution < -0.4 is 10.4 Å². The highest BCUT2D eigenvalue weighted by Crippen LogP contribution is 2.35. The van der Waals surface area contributed by atoms with Crippen molar-refractivity contribution in [1.29, 1.82) is 0 Å². The second-order valence-corrected chi connectivity index (χ2v) is 9.13. The largest absolute Gasteiger partial charge is 0.297 e. The average Bonchev–Trinajstić information content (AvgIpc) is 3.31. The summed E-state index contributed by atoms with van der Waals surface area (Å²) in [6.07, 6.45) is 3.45. The Balaban J connectivity index is 1.45. The van der Waals surface area contributed by atoms with E-state index in [-0.39, 0.29) is 6.04 Å². The van der Waals surface area contributed by atoms with Crippen molar-refractivity contribution in [1.82, 2.24) is 5.43 Å². The van der Waals surface area contributed by atoms with E-state index in [1.165, 1.54) is 27.8 Å². The summed E-state index contributed by atoms with van der Waals surface area (Å²) < 4.78 is 0. The molecule has 1 heterocycles. The normalized spacial score (nSPS) is 15.4. The lowest BCUT2D eigenvalue weighted by molar-refractivity contribution is 0.646. The first-order valence-electron chi connectivity index (χ1n) is 11.7. The molecular weight excluding hydrogens is 400 g/mol. The zero-order chi connectivity index (χ0) is 22.6. The van der Waals surface area contributed by atoms with Gasteiger partial charge in [-0.2, -0.15) is 0 Å². The standard InChI is InChI=1S/C31H30N2/c1-23(2)21-24-13-15-28(16-14-24)31-22-30(32-33(31)29-11-7-4-8-12-29)27-19-17-26(18-20-27)25-9-5-3-6-10-25/h3-20,22-23,31-32H,21H2,1-2H3.